The van der Waals surface area contributed by atoms with Gasteiger partial charge in [-0.1, -0.05) is 25.1 Å². The Bertz CT molecular complexity index is 1340. The van der Waals surface area contributed by atoms with Crippen molar-refractivity contribution in [2.24, 2.45) is 0 Å². The number of aromatic amines is 1. The van der Waals surface area contributed by atoms with Gasteiger partial charge in [0.05, 0.1) is 5.39 Å². The molecule has 0 aliphatic carbocycles. The number of hydrogen-bond donors (Lipinski definition) is 2. The minimum atomic E-state index is -0.772. The Hall–Kier alpha value is -3.23. The first-order chi connectivity index (χ1) is 15.0. The van der Waals surface area contributed by atoms with Gasteiger partial charge in [0.25, 0.3) is 5.56 Å². The molecule has 1 unspecified atom stereocenters. The third-order valence-electron chi connectivity index (χ3n) is 4.89. The zero-order chi connectivity index (χ0) is 22.0. The number of carbonyl (C=O) groups is 1. The number of H-pyrrole nitrogens is 1. The minimum Gasteiger partial charge on any atom is -0.457 e. The Morgan fingerprint density at radius 2 is 1.84 bits per heavy atom. The lowest BCUT2D eigenvalue weighted by molar-refractivity contribution is -0.118. The number of nitrogens with one attached hydrogen (secondary N) is 2. The number of aryl methyl sites for hydroxylation is 1. The predicted octanol–water partition coefficient (Wildman–Crippen LogP) is 5.67. The lowest BCUT2D eigenvalue weighted by Crippen LogP contribution is -2.32. The second-order valence-electron chi connectivity index (χ2n) is 7.02. The summed E-state index contributed by atoms with van der Waals surface area (Å²) in [4.78, 5) is 30.7. The molecule has 2 N–H and O–H groups in total. The highest BCUT2D eigenvalue weighted by atomic mass is 32.1. The van der Waals surface area contributed by atoms with Crippen LogP contribution in [-0.4, -0.2) is 15.5 Å². The molecule has 2 aromatic carbocycles. The SMILES string of the molecule is CCc1cc2c(=O)n(C(C)C(=O)Nc3ccc(Oc4ccccc4)cc3)c(=S)[nH]c2s1. The van der Waals surface area contributed by atoms with Gasteiger partial charge in [0, 0.05) is 10.6 Å². The Labute approximate surface area is 188 Å². The fourth-order valence-corrected chi connectivity index (χ4v) is 4.59. The topological polar surface area (TPSA) is 76.1 Å². The Balaban J connectivity index is 1.52. The third-order valence-corrected chi connectivity index (χ3v) is 6.38. The van der Waals surface area contributed by atoms with Crippen LogP contribution in [0.25, 0.3) is 10.2 Å². The van der Waals surface area contributed by atoms with Crippen LogP contribution in [0.3, 0.4) is 0 Å². The van der Waals surface area contributed by atoms with Gasteiger partial charge in [-0.3, -0.25) is 14.2 Å². The number of rotatable bonds is 6. The molecule has 0 fully saturated rings. The molecule has 0 bridgehead atoms. The average Bonchev–Trinajstić information content (AvgIpc) is 3.19. The Kier molecular flexibility index (Phi) is 6.01. The zero-order valence-corrected chi connectivity index (χ0v) is 18.7. The maximum absolute atomic E-state index is 13.0. The molecule has 4 aromatic rings. The molecule has 158 valence electrons. The van der Waals surface area contributed by atoms with Crippen molar-refractivity contribution >= 4 is 45.4 Å². The van der Waals surface area contributed by atoms with Crippen LogP contribution in [0.2, 0.25) is 0 Å². The van der Waals surface area contributed by atoms with E-state index in [4.69, 9.17) is 17.0 Å². The minimum absolute atomic E-state index is 0.233. The lowest BCUT2D eigenvalue weighted by atomic mass is 10.2. The molecule has 1 amide bonds. The van der Waals surface area contributed by atoms with Gasteiger partial charge in [0.15, 0.2) is 4.77 Å². The van der Waals surface area contributed by atoms with Gasteiger partial charge >= 0.3 is 0 Å². The van der Waals surface area contributed by atoms with E-state index in [1.807, 2.05) is 43.3 Å². The van der Waals surface area contributed by atoms with Gasteiger partial charge in [0.2, 0.25) is 5.91 Å². The van der Waals surface area contributed by atoms with Crippen LogP contribution in [0, 0.1) is 4.77 Å². The van der Waals surface area contributed by atoms with E-state index in [0.29, 0.717) is 16.8 Å². The van der Waals surface area contributed by atoms with Crippen molar-refractivity contribution < 1.29 is 9.53 Å². The van der Waals surface area contributed by atoms with Gasteiger partial charge in [0.1, 0.15) is 22.4 Å². The number of benzene rings is 2. The number of para-hydroxylation sites is 1. The van der Waals surface area contributed by atoms with Gasteiger partial charge in [-0.15, -0.1) is 11.3 Å². The van der Waals surface area contributed by atoms with Crippen LogP contribution in [0.5, 0.6) is 11.5 Å². The lowest BCUT2D eigenvalue weighted by Gasteiger charge is -2.15. The van der Waals surface area contributed by atoms with E-state index in [1.54, 1.807) is 31.2 Å². The molecular weight excluding hydrogens is 430 g/mol. The van der Waals surface area contributed by atoms with Crippen molar-refractivity contribution in [3.05, 3.63) is 80.7 Å². The summed E-state index contributed by atoms with van der Waals surface area (Å²) in [5.41, 5.74) is 0.342. The molecule has 0 radical (unpaired) electrons. The van der Waals surface area contributed by atoms with Gasteiger partial charge in [-0.2, -0.15) is 0 Å². The van der Waals surface area contributed by atoms with Gasteiger partial charge < -0.3 is 15.0 Å². The van der Waals surface area contributed by atoms with Crippen molar-refractivity contribution in [3.63, 3.8) is 0 Å². The second kappa shape index (κ2) is 8.87. The van der Waals surface area contributed by atoms with Gasteiger partial charge in [-0.05, 0) is 68.0 Å². The smallest absolute Gasteiger partial charge is 0.263 e. The van der Waals surface area contributed by atoms with E-state index in [1.165, 1.54) is 15.9 Å². The summed E-state index contributed by atoms with van der Waals surface area (Å²) in [6, 6.07) is 17.6. The average molecular weight is 452 g/mol. The highest BCUT2D eigenvalue weighted by Crippen LogP contribution is 2.24. The zero-order valence-electron chi connectivity index (χ0n) is 17.0. The summed E-state index contributed by atoms with van der Waals surface area (Å²) in [6.07, 6.45) is 0.833. The molecular formula is C23H21N3O3S2. The summed E-state index contributed by atoms with van der Waals surface area (Å²) in [5, 5.41) is 3.39. The van der Waals surface area contributed by atoms with Crippen molar-refractivity contribution in [1.29, 1.82) is 0 Å². The molecule has 8 heteroatoms. The number of ether oxygens (including phenoxy) is 1. The first-order valence-corrected chi connectivity index (χ1v) is 11.1. The molecule has 1 atom stereocenters. The molecule has 2 aromatic heterocycles. The summed E-state index contributed by atoms with van der Waals surface area (Å²) in [6.45, 7) is 3.69. The number of anilines is 1. The Morgan fingerprint density at radius 3 is 2.52 bits per heavy atom. The molecule has 31 heavy (non-hydrogen) atoms. The highest BCUT2D eigenvalue weighted by Gasteiger charge is 2.20. The summed E-state index contributed by atoms with van der Waals surface area (Å²) >= 11 is 6.88. The molecule has 6 nitrogen and oxygen atoms in total. The van der Waals surface area contributed by atoms with E-state index in [9.17, 15) is 9.59 Å². The molecule has 4 rings (SSSR count). The number of hydrogen-bond acceptors (Lipinski definition) is 5. The number of aromatic nitrogens is 2. The van der Waals surface area contributed by atoms with Crippen molar-refractivity contribution in [3.8, 4) is 11.5 Å². The van der Waals surface area contributed by atoms with E-state index < -0.39 is 6.04 Å². The van der Waals surface area contributed by atoms with Crippen LogP contribution in [0.15, 0.2) is 65.5 Å². The van der Waals surface area contributed by atoms with Crippen molar-refractivity contribution in [2.75, 3.05) is 5.32 Å². The quantitative estimate of drug-likeness (QED) is 0.370. The fourth-order valence-electron chi connectivity index (χ4n) is 3.19. The number of thiophene rings is 1. The van der Waals surface area contributed by atoms with E-state index >= 15 is 0 Å². The largest absolute Gasteiger partial charge is 0.457 e. The van der Waals surface area contributed by atoms with E-state index in [0.717, 1.165) is 21.9 Å². The van der Waals surface area contributed by atoms with Crippen molar-refractivity contribution in [2.45, 2.75) is 26.3 Å². The fraction of sp³-hybridized carbons (Fsp3) is 0.174. The molecule has 2 heterocycles. The van der Waals surface area contributed by atoms with E-state index in [2.05, 4.69) is 10.3 Å². The maximum Gasteiger partial charge on any atom is 0.263 e. The maximum atomic E-state index is 13.0. The standard InChI is InChI=1S/C23H21N3O3S2/c1-3-18-13-19-21(31-18)25-23(30)26(22(19)28)14(2)20(27)24-15-9-11-17(12-10-15)29-16-7-5-4-6-8-16/h4-14H,3H2,1-2H3,(H,24,27)(H,25,30). The predicted molar refractivity (Wildman–Crippen MR) is 127 cm³/mol. The summed E-state index contributed by atoms with van der Waals surface area (Å²) in [7, 11) is 0. The van der Waals surface area contributed by atoms with Crippen LogP contribution in [0.1, 0.15) is 24.8 Å². The first-order valence-electron chi connectivity index (χ1n) is 9.87. The highest BCUT2D eigenvalue weighted by molar-refractivity contribution is 7.71. The molecule has 0 aliphatic rings. The molecule has 0 saturated carbocycles. The number of amides is 1. The summed E-state index contributed by atoms with van der Waals surface area (Å²) < 4.78 is 7.32. The normalized spacial score (nSPS) is 11.9. The number of nitrogens with zero attached hydrogens (tertiary/aromatic N) is 1. The second-order valence-corrected chi connectivity index (χ2v) is 8.54. The van der Waals surface area contributed by atoms with Crippen LogP contribution in [-0.2, 0) is 11.2 Å². The Morgan fingerprint density at radius 1 is 1.16 bits per heavy atom. The molecule has 0 aliphatic heterocycles. The number of fused-ring (bicyclic) bond motifs is 1. The van der Waals surface area contributed by atoms with E-state index in [-0.39, 0.29) is 16.2 Å². The third kappa shape index (κ3) is 4.45. The first kappa shape index (κ1) is 21.0. The molecule has 0 saturated heterocycles. The number of carbonyl (C=O) groups excluding carboxylic acids is 1. The van der Waals surface area contributed by atoms with Crippen LogP contribution in [0.4, 0.5) is 5.69 Å². The summed E-state index contributed by atoms with van der Waals surface area (Å²) in [5.74, 6) is 1.06. The van der Waals surface area contributed by atoms with Crippen LogP contribution < -0.4 is 15.6 Å². The van der Waals surface area contributed by atoms with Crippen LogP contribution >= 0.6 is 23.6 Å². The van der Waals surface area contributed by atoms with Gasteiger partial charge in [-0.25, -0.2) is 0 Å². The molecule has 0 spiro atoms. The van der Waals surface area contributed by atoms with Crippen molar-refractivity contribution in [1.82, 2.24) is 9.55 Å². The monoisotopic (exact) mass is 451 g/mol.